The first-order valence-electron chi connectivity index (χ1n) is 13.8. The van der Waals surface area contributed by atoms with Crippen molar-refractivity contribution in [2.45, 2.75) is 83.8 Å². The third-order valence-electron chi connectivity index (χ3n) is 8.84. The molecule has 5 N–H and O–H groups in total. The summed E-state index contributed by atoms with van der Waals surface area (Å²) in [6.45, 7) is 8.14. The fourth-order valence-corrected chi connectivity index (χ4v) is 6.83. The van der Waals surface area contributed by atoms with Gasteiger partial charge in [0.15, 0.2) is 0 Å². The molecule has 0 radical (unpaired) electrons. The van der Waals surface area contributed by atoms with E-state index in [0.717, 1.165) is 41.9 Å². The normalized spacial score (nSPS) is 22.1. The van der Waals surface area contributed by atoms with Crippen molar-refractivity contribution in [1.29, 1.82) is 0 Å². The average Bonchev–Trinajstić information content (AvgIpc) is 3.23. The number of aromatic hydroxyl groups is 1. The fraction of sp³-hybridized carbons (Fsp3) is 0.567. The van der Waals surface area contributed by atoms with Crippen LogP contribution in [0.25, 0.3) is 0 Å². The summed E-state index contributed by atoms with van der Waals surface area (Å²) in [7, 11) is 0. The zero-order valence-electron chi connectivity index (χ0n) is 21.9. The van der Waals surface area contributed by atoms with Crippen LogP contribution in [-0.4, -0.2) is 41.6 Å². The molecule has 1 saturated carbocycles. The van der Waals surface area contributed by atoms with Crippen LogP contribution in [0.3, 0.4) is 0 Å². The van der Waals surface area contributed by atoms with E-state index in [9.17, 15) is 9.90 Å². The van der Waals surface area contributed by atoms with Gasteiger partial charge in [0.05, 0.1) is 12.1 Å². The molecule has 36 heavy (non-hydrogen) atoms. The van der Waals surface area contributed by atoms with E-state index in [0.29, 0.717) is 11.8 Å². The van der Waals surface area contributed by atoms with E-state index < -0.39 is 6.04 Å². The van der Waals surface area contributed by atoms with E-state index in [4.69, 9.17) is 5.73 Å². The second-order valence-corrected chi connectivity index (χ2v) is 11.6. The molecule has 0 unspecified atom stereocenters. The Morgan fingerprint density at radius 2 is 1.92 bits per heavy atom. The largest absolute Gasteiger partial charge is 0.508 e. The molecule has 5 rings (SSSR count). The molecule has 3 aliphatic rings. The van der Waals surface area contributed by atoms with Gasteiger partial charge in [-0.05, 0) is 104 Å². The first-order chi connectivity index (χ1) is 17.3. The maximum atomic E-state index is 13.1. The van der Waals surface area contributed by atoms with Gasteiger partial charge in [0.1, 0.15) is 5.75 Å². The number of fused-ring (bicyclic) bond motifs is 1. The lowest BCUT2D eigenvalue weighted by atomic mass is 9.73. The molecule has 2 aromatic rings. The first-order valence-corrected chi connectivity index (χ1v) is 13.8. The van der Waals surface area contributed by atoms with Crippen molar-refractivity contribution in [3.05, 3.63) is 58.1 Å². The second kappa shape index (κ2) is 10.4. The van der Waals surface area contributed by atoms with E-state index in [1.54, 1.807) is 12.1 Å². The van der Waals surface area contributed by atoms with Crippen LogP contribution < -0.4 is 16.4 Å². The lowest BCUT2D eigenvalue weighted by Crippen LogP contribution is -2.44. The molecule has 1 amide bonds. The highest BCUT2D eigenvalue weighted by molar-refractivity contribution is 5.82. The third kappa shape index (κ3) is 5.40. The monoisotopic (exact) mass is 490 g/mol. The smallest absolute Gasteiger partial charge is 0.237 e. The second-order valence-electron chi connectivity index (χ2n) is 11.6. The summed E-state index contributed by atoms with van der Waals surface area (Å²) < 4.78 is 0. The van der Waals surface area contributed by atoms with E-state index in [-0.39, 0.29) is 17.7 Å². The highest BCUT2D eigenvalue weighted by Crippen LogP contribution is 2.44. The molecular formula is C30H42N4O2. The van der Waals surface area contributed by atoms with Crippen molar-refractivity contribution in [3.63, 3.8) is 0 Å². The van der Waals surface area contributed by atoms with Gasteiger partial charge in [-0.15, -0.1) is 0 Å². The van der Waals surface area contributed by atoms with E-state index in [1.165, 1.54) is 62.7 Å². The van der Waals surface area contributed by atoms with Crippen molar-refractivity contribution in [3.8, 4) is 5.75 Å². The highest BCUT2D eigenvalue weighted by Gasteiger charge is 2.38. The van der Waals surface area contributed by atoms with Crippen LogP contribution in [0.4, 0.5) is 5.69 Å². The summed E-state index contributed by atoms with van der Waals surface area (Å²) in [6, 6.07) is 9.50. The van der Waals surface area contributed by atoms with Gasteiger partial charge in [-0.2, -0.15) is 0 Å². The Balaban J connectivity index is 1.24. The van der Waals surface area contributed by atoms with Crippen LogP contribution in [0.15, 0.2) is 30.3 Å². The molecule has 0 bridgehead atoms. The van der Waals surface area contributed by atoms with Crippen molar-refractivity contribution in [2.75, 3.05) is 25.0 Å². The van der Waals surface area contributed by atoms with Crippen LogP contribution in [0.2, 0.25) is 0 Å². The van der Waals surface area contributed by atoms with Crippen molar-refractivity contribution >= 4 is 11.6 Å². The Morgan fingerprint density at radius 3 is 2.67 bits per heavy atom. The van der Waals surface area contributed by atoms with Gasteiger partial charge in [0.2, 0.25) is 5.91 Å². The predicted molar refractivity (Wildman–Crippen MR) is 145 cm³/mol. The van der Waals surface area contributed by atoms with Crippen molar-refractivity contribution < 1.29 is 9.90 Å². The lowest BCUT2D eigenvalue weighted by molar-refractivity contribution is -0.123. The number of benzene rings is 2. The van der Waals surface area contributed by atoms with Crippen LogP contribution in [0.5, 0.6) is 5.75 Å². The van der Waals surface area contributed by atoms with Crippen LogP contribution in [0.1, 0.15) is 78.8 Å². The Hall–Kier alpha value is -2.57. The van der Waals surface area contributed by atoms with Gasteiger partial charge < -0.3 is 21.5 Å². The minimum atomic E-state index is -0.634. The number of phenolic OH excluding ortho intramolecular Hbond substituents is 1. The molecule has 1 spiro atoms. The number of phenols is 1. The summed E-state index contributed by atoms with van der Waals surface area (Å²) in [5.41, 5.74) is 13.5. The van der Waals surface area contributed by atoms with Gasteiger partial charge in [-0.1, -0.05) is 31.4 Å². The molecule has 1 saturated heterocycles. The van der Waals surface area contributed by atoms with Gasteiger partial charge in [0.25, 0.3) is 0 Å². The summed E-state index contributed by atoms with van der Waals surface area (Å²) in [5, 5.41) is 16.6. The van der Waals surface area contributed by atoms with Gasteiger partial charge in [-0.3, -0.25) is 9.69 Å². The molecule has 2 heterocycles. The van der Waals surface area contributed by atoms with Crippen molar-refractivity contribution in [1.82, 2.24) is 10.2 Å². The minimum Gasteiger partial charge on any atom is -0.508 e. The molecule has 6 nitrogen and oxygen atoms in total. The number of anilines is 1. The summed E-state index contributed by atoms with van der Waals surface area (Å²) in [5.74, 6) is 0.126. The van der Waals surface area contributed by atoms with Gasteiger partial charge in [-0.25, -0.2) is 0 Å². The maximum absolute atomic E-state index is 13.1. The highest BCUT2D eigenvalue weighted by atomic mass is 16.3. The molecule has 2 atom stereocenters. The average molecular weight is 491 g/mol. The first kappa shape index (κ1) is 25.1. The molecule has 2 fully saturated rings. The van der Waals surface area contributed by atoms with Crippen LogP contribution in [0, 0.1) is 19.3 Å². The van der Waals surface area contributed by atoms with Gasteiger partial charge in [0, 0.05) is 25.3 Å². The van der Waals surface area contributed by atoms with Gasteiger partial charge >= 0.3 is 0 Å². The zero-order valence-corrected chi connectivity index (χ0v) is 21.9. The van der Waals surface area contributed by atoms with Crippen LogP contribution in [-0.2, 0) is 17.8 Å². The molecule has 2 aromatic carbocycles. The minimum absolute atomic E-state index is 0.0370. The summed E-state index contributed by atoms with van der Waals surface area (Å²) >= 11 is 0. The molecular weight excluding hydrogens is 448 g/mol. The number of hydrogen-bond acceptors (Lipinski definition) is 5. The molecule has 6 heteroatoms. The Kier molecular flexibility index (Phi) is 7.27. The summed E-state index contributed by atoms with van der Waals surface area (Å²) in [4.78, 5) is 15.8. The number of nitrogens with two attached hydrogens (primary N) is 1. The van der Waals surface area contributed by atoms with Crippen molar-refractivity contribution in [2.24, 2.45) is 11.1 Å². The van der Waals surface area contributed by atoms with E-state index >= 15 is 0 Å². The molecule has 194 valence electrons. The third-order valence-corrected chi connectivity index (χ3v) is 8.84. The van der Waals surface area contributed by atoms with E-state index in [2.05, 4.69) is 33.7 Å². The molecule has 1 aliphatic carbocycles. The van der Waals surface area contributed by atoms with Crippen LogP contribution >= 0.6 is 0 Å². The predicted octanol–water partition coefficient (Wildman–Crippen LogP) is 4.71. The number of hydrogen-bond donors (Lipinski definition) is 4. The lowest BCUT2D eigenvalue weighted by Gasteiger charge is -2.33. The Bertz CT molecular complexity index is 1090. The SMILES string of the molecule is Cc1cc(O)cc(C)c1C[C@H](N)C(=O)N[C@@H]1CCNc2ccc(CN3CCC4(CCCCC4)C3)cc21. The quantitative estimate of drug-likeness (QED) is 0.471. The number of nitrogens with one attached hydrogen (secondary N) is 2. The topological polar surface area (TPSA) is 90.6 Å². The maximum Gasteiger partial charge on any atom is 0.237 e. The number of carbonyl (C=O) groups is 1. The molecule has 2 aliphatic heterocycles. The zero-order chi connectivity index (χ0) is 25.3. The number of carbonyl (C=O) groups excluding carboxylic acids is 1. The number of nitrogens with zero attached hydrogens (tertiary/aromatic N) is 1. The fourth-order valence-electron chi connectivity index (χ4n) is 6.83. The molecule has 0 aromatic heterocycles. The number of amides is 1. The number of likely N-dealkylation sites (tertiary alicyclic amines) is 1. The number of aryl methyl sites for hydroxylation is 2. The summed E-state index contributed by atoms with van der Waals surface area (Å²) in [6.07, 6.45) is 9.64. The Morgan fingerprint density at radius 1 is 1.17 bits per heavy atom. The number of rotatable bonds is 6. The Labute approximate surface area is 215 Å². The standard InChI is InChI=1S/C30H42N4O2/c1-20-14-23(35)15-21(2)24(20)17-26(31)29(36)33-28-8-12-32-27-7-6-22(16-25(27)28)18-34-13-11-30(19-34)9-4-3-5-10-30/h6-7,14-16,26,28,32,35H,3-5,8-13,17-19,31H2,1-2H3,(H,33,36)/t26-,28+/m0/s1. The van der Waals surface area contributed by atoms with E-state index in [1.807, 2.05) is 13.8 Å².